The molecule has 1 atom stereocenters. The van der Waals surface area contributed by atoms with E-state index >= 15 is 0 Å². The van der Waals surface area contributed by atoms with Crippen LogP contribution in [-0.4, -0.2) is 0 Å². The average molecular weight is 395 g/mol. The van der Waals surface area contributed by atoms with Crippen LogP contribution in [0.1, 0.15) is 17.4 Å². The molecule has 3 aromatic rings. The van der Waals surface area contributed by atoms with E-state index in [4.69, 9.17) is 10.2 Å². The van der Waals surface area contributed by atoms with Gasteiger partial charge in [0.1, 0.15) is 11.3 Å². The highest BCUT2D eigenvalue weighted by molar-refractivity contribution is 9.11. The highest BCUT2D eigenvalue weighted by Gasteiger charge is 2.14. The van der Waals surface area contributed by atoms with Crippen molar-refractivity contribution in [3.05, 3.63) is 68.8 Å². The smallest absolute Gasteiger partial charge is 0.148 e. The third kappa shape index (κ3) is 2.82. The first-order chi connectivity index (χ1) is 9.63. The van der Waals surface area contributed by atoms with Gasteiger partial charge < -0.3 is 10.2 Å². The Kier molecular flexibility index (Phi) is 3.96. The van der Waals surface area contributed by atoms with Crippen molar-refractivity contribution in [2.24, 2.45) is 5.73 Å². The molecule has 1 aromatic heterocycles. The summed E-state index contributed by atoms with van der Waals surface area (Å²) < 4.78 is 7.90. The van der Waals surface area contributed by atoms with E-state index in [1.54, 1.807) is 0 Å². The SMILES string of the molecule is NC(Cc1cccc(Br)c1)c1cc2cccc(Br)c2o1. The lowest BCUT2D eigenvalue weighted by atomic mass is 10.0. The molecule has 0 saturated heterocycles. The van der Waals surface area contributed by atoms with Crippen molar-refractivity contribution in [1.82, 2.24) is 0 Å². The normalized spacial score (nSPS) is 12.8. The molecule has 0 aliphatic rings. The predicted molar refractivity (Wildman–Crippen MR) is 88.7 cm³/mol. The number of hydrogen-bond donors (Lipinski definition) is 1. The molecule has 0 saturated carbocycles. The summed E-state index contributed by atoms with van der Waals surface area (Å²) in [7, 11) is 0. The minimum absolute atomic E-state index is 0.149. The summed E-state index contributed by atoms with van der Waals surface area (Å²) in [4.78, 5) is 0. The maximum Gasteiger partial charge on any atom is 0.148 e. The van der Waals surface area contributed by atoms with E-state index in [9.17, 15) is 0 Å². The summed E-state index contributed by atoms with van der Waals surface area (Å²) >= 11 is 6.97. The maximum atomic E-state index is 6.27. The van der Waals surface area contributed by atoms with E-state index in [1.807, 2.05) is 36.4 Å². The van der Waals surface area contributed by atoms with E-state index < -0.39 is 0 Å². The zero-order chi connectivity index (χ0) is 14.1. The lowest BCUT2D eigenvalue weighted by Gasteiger charge is -2.08. The van der Waals surface area contributed by atoms with Crippen molar-refractivity contribution in [1.29, 1.82) is 0 Å². The molecule has 4 heteroatoms. The number of para-hydroxylation sites is 1. The number of hydrogen-bond acceptors (Lipinski definition) is 2. The fourth-order valence-electron chi connectivity index (χ4n) is 2.25. The summed E-state index contributed by atoms with van der Waals surface area (Å²) in [5, 5.41) is 1.07. The quantitative estimate of drug-likeness (QED) is 0.662. The zero-order valence-corrected chi connectivity index (χ0v) is 13.8. The lowest BCUT2D eigenvalue weighted by molar-refractivity contribution is 0.493. The van der Waals surface area contributed by atoms with Crippen LogP contribution in [0.25, 0.3) is 11.0 Å². The van der Waals surface area contributed by atoms with Gasteiger partial charge in [-0.2, -0.15) is 0 Å². The Balaban J connectivity index is 1.89. The Labute approximate surface area is 134 Å². The molecular weight excluding hydrogens is 382 g/mol. The molecule has 3 rings (SSSR count). The van der Waals surface area contributed by atoms with Crippen LogP contribution in [-0.2, 0) is 6.42 Å². The lowest BCUT2D eigenvalue weighted by Crippen LogP contribution is -2.12. The minimum Gasteiger partial charge on any atom is -0.458 e. The number of furan rings is 1. The first-order valence-corrected chi connectivity index (χ1v) is 7.90. The average Bonchev–Trinajstić information content (AvgIpc) is 2.84. The Bertz CT molecular complexity index is 751. The van der Waals surface area contributed by atoms with Crippen molar-refractivity contribution >= 4 is 42.8 Å². The minimum atomic E-state index is -0.149. The van der Waals surface area contributed by atoms with Crippen LogP contribution in [0.3, 0.4) is 0 Å². The Morgan fingerprint density at radius 3 is 2.60 bits per heavy atom. The van der Waals surface area contributed by atoms with Crippen molar-refractivity contribution in [3.8, 4) is 0 Å². The van der Waals surface area contributed by atoms with Gasteiger partial charge in [0.25, 0.3) is 0 Å². The van der Waals surface area contributed by atoms with Gasteiger partial charge in [-0.05, 0) is 52.2 Å². The molecular formula is C16H13Br2NO. The summed E-state index contributed by atoms with van der Waals surface area (Å²) in [6, 6.07) is 16.0. The van der Waals surface area contributed by atoms with Gasteiger partial charge in [0.05, 0.1) is 10.5 Å². The standard InChI is InChI=1S/C16H13Br2NO/c17-12-5-1-3-10(7-12)8-14(19)15-9-11-4-2-6-13(18)16(11)20-15/h1-7,9,14H,8,19H2. The van der Waals surface area contributed by atoms with E-state index in [0.29, 0.717) is 0 Å². The van der Waals surface area contributed by atoms with Crippen LogP contribution < -0.4 is 5.73 Å². The van der Waals surface area contributed by atoms with Crippen molar-refractivity contribution in [3.63, 3.8) is 0 Å². The predicted octanol–water partition coefficient (Wildman–Crippen LogP) is 5.20. The molecule has 1 heterocycles. The Morgan fingerprint density at radius 1 is 1.05 bits per heavy atom. The number of halogens is 2. The highest BCUT2D eigenvalue weighted by Crippen LogP contribution is 2.30. The first-order valence-electron chi connectivity index (χ1n) is 6.31. The summed E-state index contributed by atoms with van der Waals surface area (Å²) in [5.74, 6) is 0.812. The third-order valence-electron chi connectivity index (χ3n) is 3.23. The molecule has 0 aliphatic heterocycles. The molecule has 0 spiro atoms. The second-order valence-corrected chi connectivity index (χ2v) is 6.52. The van der Waals surface area contributed by atoms with E-state index in [0.717, 1.165) is 32.1 Å². The summed E-state index contributed by atoms with van der Waals surface area (Å²) in [6.07, 6.45) is 0.747. The van der Waals surface area contributed by atoms with Crippen LogP contribution in [0.5, 0.6) is 0 Å². The van der Waals surface area contributed by atoms with Crippen LogP contribution in [0.4, 0.5) is 0 Å². The number of fused-ring (bicyclic) bond motifs is 1. The molecule has 2 N–H and O–H groups in total. The second-order valence-electron chi connectivity index (χ2n) is 4.75. The van der Waals surface area contributed by atoms with Gasteiger partial charge in [0.2, 0.25) is 0 Å². The van der Waals surface area contributed by atoms with Crippen molar-refractivity contribution < 1.29 is 4.42 Å². The molecule has 0 bridgehead atoms. The number of benzene rings is 2. The Morgan fingerprint density at radius 2 is 1.85 bits per heavy atom. The van der Waals surface area contributed by atoms with Gasteiger partial charge in [-0.1, -0.05) is 40.2 Å². The molecule has 20 heavy (non-hydrogen) atoms. The highest BCUT2D eigenvalue weighted by atomic mass is 79.9. The molecule has 0 radical (unpaired) electrons. The summed E-state index contributed by atoms with van der Waals surface area (Å²) in [5.41, 5.74) is 8.31. The van der Waals surface area contributed by atoms with Gasteiger partial charge in [-0.15, -0.1) is 0 Å². The molecule has 2 aromatic carbocycles. The van der Waals surface area contributed by atoms with Gasteiger partial charge in [0.15, 0.2) is 0 Å². The van der Waals surface area contributed by atoms with E-state index in [2.05, 4.69) is 44.0 Å². The van der Waals surface area contributed by atoms with E-state index in [1.165, 1.54) is 5.56 Å². The van der Waals surface area contributed by atoms with Crippen LogP contribution in [0.15, 0.2) is 61.9 Å². The Hall–Kier alpha value is -1.10. The van der Waals surface area contributed by atoms with Crippen LogP contribution >= 0.6 is 31.9 Å². The van der Waals surface area contributed by atoms with E-state index in [-0.39, 0.29) is 6.04 Å². The molecule has 1 unspecified atom stereocenters. The molecule has 102 valence electrons. The maximum absolute atomic E-state index is 6.27. The van der Waals surface area contributed by atoms with Crippen molar-refractivity contribution in [2.75, 3.05) is 0 Å². The number of rotatable bonds is 3. The zero-order valence-electron chi connectivity index (χ0n) is 10.6. The molecule has 0 amide bonds. The molecule has 2 nitrogen and oxygen atoms in total. The van der Waals surface area contributed by atoms with Gasteiger partial charge in [-0.25, -0.2) is 0 Å². The largest absolute Gasteiger partial charge is 0.458 e. The van der Waals surface area contributed by atoms with Crippen molar-refractivity contribution in [2.45, 2.75) is 12.5 Å². The van der Waals surface area contributed by atoms with Crippen LogP contribution in [0, 0.1) is 0 Å². The number of nitrogens with two attached hydrogens (primary N) is 1. The fourth-order valence-corrected chi connectivity index (χ4v) is 3.16. The topological polar surface area (TPSA) is 39.2 Å². The van der Waals surface area contributed by atoms with Gasteiger partial charge >= 0.3 is 0 Å². The first kappa shape index (κ1) is 13.9. The van der Waals surface area contributed by atoms with Gasteiger partial charge in [-0.3, -0.25) is 0 Å². The third-order valence-corrected chi connectivity index (χ3v) is 4.34. The summed E-state index contributed by atoms with van der Waals surface area (Å²) in [6.45, 7) is 0. The second kappa shape index (κ2) is 5.72. The monoisotopic (exact) mass is 393 g/mol. The van der Waals surface area contributed by atoms with Gasteiger partial charge in [0, 0.05) is 9.86 Å². The molecule has 0 aliphatic carbocycles. The van der Waals surface area contributed by atoms with Crippen LogP contribution in [0.2, 0.25) is 0 Å². The fraction of sp³-hybridized carbons (Fsp3) is 0.125. The molecule has 0 fully saturated rings.